The first-order valence-electron chi connectivity index (χ1n) is 11.0. The van der Waals surface area contributed by atoms with Gasteiger partial charge in [-0.3, -0.25) is 4.79 Å². The van der Waals surface area contributed by atoms with E-state index in [1.165, 1.54) is 17.5 Å². The van der Waals surface area contributed by atoms with Gasteiger partial charge in [0.1, 0.15) is 0 Å². The first kappa shape index (κ1) is 21.9. The molecule has 0 atom stereocenters. The summed E-state index contributed by atoms with van der Waals surface area (Å²) >= 11 is 0. The lowest BCUT2D eigenvalue weighted by Crippen LogP contribution is -2.41. The molecule has 1 aliphatic heterocycles. The summed E-state index contributed by atoms with van der Waals surface area (Å²) in [6.45, 7) is 4.63. The molecule has 5 heteroatoms. The van der Waals surface area contributed by atoms with Crippen LogP contribution in [0.1, 0.15) is 42.4 Å². The largest absolute Gasteiger partial charge is 0.343 e. The minimum Gasteiger partial charge on any atom is -0.343 e. The highest BCUT2D eigenvalue weighted by Gasteiger charge is 2.22. The molecule has 0 spiro atoms. The van der Waals surface area contributed by atoms with Crippen LogP contribution in [0.2, 0.25) is 0 Å². The molecule has 3 rings (SSSR count). The number of rotatable bonds is 8. The van der Waals surface area contributed by atoms with Crippen molar-refractivity contribution in [2.24, 2.45) is 5.92 Å². The number of piperidine rings is 1. The number of nitrogens with one attached hydrogen (secondary N) is 2. The topological polar surface area (TPSA) is 61.4 Å². The lowest BCUT2D eigenvalue weighted by atomic mass is 9.90. The first-order valence-corrected chi connectivity index (χ1v) is 11.0. The molecule has 0 aliphatic carbocycles. The molecule has 1 aliphatic rings. The molecule has 5 nitrogen and oxygen atoms in total. The zero-order valence-electron chi connectivity index (χ0n) is 17.9. The van der Waals surface area contributed by atoms with Crippen molar-refractivity contribution in [1.82, 2.24) is 15.5 Å². The number of hydrogen-bond acceptors (Lipinski definition) is 2. The second kappa shape index (κ2) is 11.4. The van der Waals surface area contributed by atoms with Gasteiger partial charge in [-0.05, 0) is 49.7 Å². The van der Waals surface area contributed by atoms with Crippen molar-refractivity contribution in [2.75, 3.05) is 19.6 Å². The molecule has 0 radical (unpaired) electrons. The van der Waals surface area contributed by atoms with Crippen LogP contribution in [0.25, 0.3) is 0 Å². The molecule has 3 amide bonds. The predicted molar refractivity (Wildman–Crippen MR) is 120 cm³/mol. The number of nitrogens with zero attached hydrogens (tertiary/aromatic N) is 1. The average molecular weight is 408 g/mol. The van der Waals surface area contributed by atoms with Gasteiger partial charge in [-0.15, -0.1) is 0 Å². The quantitative estimate of drug-likeness (QED) is 0.693. The molecule has 2 N–H and O–H groups in total. The van der Waals surface area contributed by atoms with Crippen LogP contribution < -0.4 is 10.6 Å². The molecular formula is C25H33N3O2. The fourth-order valence-corrected chi connectivity index (χ4v) is 3.88. The van der Waals surface area contributed by atoms with Crippen molar-refractivity contribution in [3.8, 4) is 0 Å². The van der Waals surface area contributed by atoms with E-state index < -0.39 is 0 Å². The molecule has 2 aromatic carbocycles. The third-order valence-corrected chi connectivity index (χ3v) is 5.85. The third-order valence-electron chi connectivity index (χ3n) is 5.85. The number of hydrogen-bond donors (Lipinski definition) is 2. The maximum atomic E-state index is 12.4. The first-order chi connectivity index (χ1) is 14.6. The summed E-state index contributed by atoms with van der Waals surface area (Å²) in [4.78, 5) is 26.3. The molecule has 0 aromatic heterocycles. The monoisotopic (exact) mass is 407 g/mol. The van der Waals surface area contributed by atoms with E-state index in [4.69, 9.17) is 0 Å². The zero-order chi connectivity index (χ0) is 21.2. The van der Waals surface area contributed by atoms with Crippen LogP contribution in [0.5, 0.6) is 0 Å². The van der Waals surface area contributed by atoms with Crippen LogP contribution in [-0.4, -0.2) is 36.5 Å². The second-order valence-electron chi connectivity index (χ2n) is 8.19. The smallest absolute Gasteiger partial charge is 0.315 e. The molecule has 1 saturated heterocycles. The average Bonchev–Trinajstić information content (AvgIpc) is 2.78. The highest BCUT2D eigenvalue weighted by Crippen LogP contribution is 2.23. The van der Waals surface area contributed by atoms with Gasteiger partial charge in [-0.2, -0.15) is 0 Å². The lowest BCUT2D eigenvalue weighted by Gasteiger charge is -2.32. The number of carbonyl (C=O) groups excluding carboxylic acids is 2. The van der Waals surface area contributed by atoms with E-state index in [0.717, 1.165) is 37.9 Å². The van der Waals surface area contributed by atoms with Crippen LogP contribution in [0.4, 0.5) is 4.79 Å². The summed E-state index contributed by atoms with van der Waals surface area (Å²) in [6.07, 6.45) is 4.80. The van der Waals surface area contributed by atoms with Crippen molar-refractivity contribution in [2.45, 2.75) is 45.6 Å². The zero-order valence-corrected chi connectivity index (χ0v) is 17.9. The van der Waals surface area contributed by atoms with Crippen LogP contribution in [-0.2, 0) is 17.8 Å². The van der Waals surface area contributed by atoms with Crippen LogP contribution >= 0.6 is 0 Å². The summed E-state index contributed by atoms with van der Waals surface area (Å²) in [6, 6.07) is 18.3. The van der Waals surface area contributed by atoms with E-state index in [1.54, 1.807) is 0 Å². The van der Waals surface area contributed by atoms with Crippen molar-refractivity contribution in [1.29, 1.82) is 0 Å². The number of benzene rings is 2. The van der Waals surface area contributed by atoms with E-state index in [-0.39, 0.29) is 11.9 Å². The standard InChI is InChI=1S/C25H33N3O2/c1-20-7-9-21(10-8-20)11-12-22-14-17-28(18-15-22)24(29)13-16-26-25(30)27-19-23-5-3-2-4-6-23/h2-10,22H,11-19H2,1H3,(H2,26,27,30). The van der Waals surface area contributed by atoms with Gasteiger partial charge >= 0.3 is 6.03 Å². The van der Waals surface area contributed by atoms with Crippen LogP contribution in [0.3, 0.4) is 0 Å². The molecule has 0 bridgehead atoms. The minimum atomic E-state index is -0.235. The Morgan fingerprint density at radius 3 is 2.33 bits per heavy atom. The summed E-state index contributed by atoms with van der Waals surface area (Å²) in [5.41, 5.74) is 3.75. The van der Waals surface area contributed by atoms with E-state index in [2.05, 4.69) is 41.8 Å². The van der Waals surface area contributed by atoms with Gasteiger partial charge in [-0.1, -0.05) is 60.2 Å². The molecule has 1 heterocycles. The molecule has 2 aromatic rings. The Morgan fingerprint density at radius 2 is 1.63 bits per heavy atom. The van der Waals surface area contributed by atoms with Gasteiger partial charge in [0.05, 0.1) is 0 Å². The fourth-order valence-electron chi connectivity index (χ4n) is 3.88. The Morgan fingerprint density at radius 1 is 0.933 bits per heavy atom. The van der Waals surface area contributed by atoms with Crippen LogP contribution in [0, 0.1) is 12.8 Å². The second-order valence-corrected chi connectivity index (χ2v) is 8.19. The number of carbonyl (C=O) groups is 2. The fraction of sp³-hybridized carbons (Fsp3) is 0.440. The summed E-state index contributed by atoms with van der Waals surface area (Å²) in [5, 5.41) is 5.59. The highest BCUT2D eigenvalue weighted by molar-refractivity contribution is 5.78. The van der Waals surface area contributed by atoms with E-state index >= 15 is 0 Å². The molecular weight excluding hydrogens is 374 g/mol. The van der Waals surface area contributed by atoms with E-state index in [9.17, 15) is 9.59 Å². The maximum Gasteiger partial charge on any atom is 0.315 e. The Kier molecular flexibility index (Phi) is 8.30. The number of likely N-dealkylation sites (tertiary alicyclic amines) is 1. The van der Waals surface area contributed by atoms with Gasteiger partial charge in [0, 0.05) is 32.6 Å². The summed E-state index contributed by atoms with van der Waals surface area (Å²) in [7, 11) is 0. The molecule has 0 saturated carbocycles. The van der Waals surface area contributed by atoms with Gasteiger partial charge < -0.3 is 15.5 Å². The predicted octanol–water partition coefficient (Wildman–Crippen LogP) is 4.06. The van der Waals surface area contributed by atoms with Gasteiger partial charge in [0.25, 0.3) is 0 Å². The van der Waals surface area contributed by atoms with Crippen molar-refractivity contribution in [3.63, 3.8) is 0 Å². The van der Waals surface area contributed by atoms with Crippen molar-refractivity contribution in [3.05, 3.63) is 71.3 Å². The minimum absolute atomic E-state index is 0.135. The van der Waals surface area contributed by atoms with Gasteiger partial charge in [-0.25, -0.2) is 4.79 Å². The van der Waals surface area contributed by atoms with E-state index in [1.807, 2.05) is 35.2 Å². The van der Waals surface area contributed by atoms with Crippen molar-refractivity contribution >= 4 is 11.9 Å². The van der Waals surface area contributed by atoms with E-state index in [0.29, 0.717) is 25.4 Å². The summed E-state index contributed by atoms with van der Waals surface area (Å²) in [5.74, 6) is 0.826. The Hall–Kier alpha value is -2.82. The number of amides is 3. The van der Waals surface area contributed by atoms with Crippen molar-refractivity contribution < 1.29 is 9.59 Å². The normalized spacial score (nSPS) is 14.4. The molecule has 1 fully saturated rings. The Bertz CT molecular complexity index is 797. The van der Waals surface area contributed by atoms with Gasteiger partial charge in [0.2, 0.25) is 5.91 Å². The molecule has 160 valence electrons. The Labute approximate surface area is 179 Å². The SMILES string of the molecule is Cc1ccc(CCC2CCN(C(=O)CCNC(=O)NCc3ccccc3)CC2)cc1. The lowest BCUT2D eigenvalue weighted by molar-refractivity contribution is -0.132. The third kappa shape index (κ3) is 7.21. The molecule has 30 heavy (non-hydrogen) atoms. The number of aryl methyl sites for hydroxylation is 2. The highest BCUT2D eigenvalue weighted by atomic mass is 16.2. The van der Waals surface area contributed by atoms with Crippen LogP contribution in [0.15, 0.2) is 54.6 Å². The Balaban J connectivity index is 1.27. The van der Waals surface area contributed by atoms with Gasteiger partial charge in [0.15, 0.2) is 0 Å². The number of urea groups is 1. The summed E-state index contributed by atoms with van der Waals surface area (Å²) < 4.78 is 0. The maximum absolute atomic E-state index is 12.4. The molecule has 0 unspecified atom stereocenters.